The molecule has 3 aromatic rings. The Bertz CT molecular complexity index is 1330. The standard InChI is InChI=1S/C27H31N5O4/c1-16-6-7-19-20(31(16)26(35)36-2)8-9-21-23(19)30-25(27(10-11-27)22-15-28-12-13-29-22)32(21)18-5-3-4-17(14-18)24(33)34/h8-9,12-13,15-18H,3-7,10-11,14H2,1-2H3,(H,33,34)/t16?,17-,18-/m1/s1. The van der Waals surface area contributed by atoms with Gasteiger partial charge >= 0.3 is 12.1 Å². The molecule has 6 rings (SSSR count). The molecule has 3 heterocycles. The topological polar surface area (TPSA) is 110 Å². The number of amides is 1. The summed E-state index contributed by atoms with van der Waals surface area (Å²) < 4.78 is 7.41. The summed E-state index contributed by atoms with van der Waals surface area (Å²) in [5.74, 6) is -0.125. The summed E-state index contributed by atoms with van der Waals surface area (Å²) in [5, 5.41) is 9.78. The van der Waals surface area contributed by atoms with Crippen LogP contribution in [0.25, 0.3) is 11.0 Å². The maximum absolute atomic E-state index is 12.7. The lowest BCUT2D eigenvalue weighted by Crippen LogP contribution is -2.42. The fourth-order valence-electron chi connectivity index (χ4n) is 6.37. The van der Waals surface area contributed by atoms with Crippen LogP contribution < -0.4 is 4.90 Å². The average Bonchev–Trinajstić information content (AvgIpc) is 3.62. The summed E-state index contributed by atoms with van der Waals surface area (Å²) in [6, 6.07) is 4.14. The van der Waals surface area contributed by atoms with Gasteiger partial charge in [0.1, 0.15) is 5.82 Å². The quantitative estimate of drug-likeness (QED) is 0.569. The van der Waals surface area contributed by atoms with E-state index in [-0.39, 0.29) is 29.5 Å². The first-order chi connectivity index (χ1) is 17.4. The SMILES string of the molecule is COC(=O)N1c2ccc3c(nc(C4(c5cnccn5)CC4)n3[C@@H]3CCC[C@@H](C(=O)O)C3)c2CCC1C. The van der Waals surface area contributed by atoms with Gasteiger partial charge < -0.3 is 14.4 Å². The van der Waals surface area contributed by atoms with Crippen molar-refractivity contribution in [2.75, 3.05) is 12.0 Å². The Labute approximate surface area is 209 Å². The molecule has 3 atom stereocenters. The smallest absolute Gasteiger partial charge is 0.414 e. The molecule has 3 aliphatic rings. The normalized spacial score (nSPS) is 24.8. The number of imidazole rings is 1. The molecule has 1 aromatic carbocycles. The van der Waals surface area contributed by atoms with Crippen LogP contribution >= 0.6 is 0 Å². The zero-order chi connectivity index (χ0) is 25.0. The minimum absolute atomic E-state index is 0.0352. The number of aromatic nitrogens is 4. The van der Waals surface area contributed by atoms with E-state index in [4.69, 9.17) is 9.72 Å². The molecule has 1 amide bonds. The Morgan fingerprint density at radius 3 is 2.69 bits per heavy atom. The molecule has 2 fully saturated rings. The monoisotopic (exact) mass is 489 g/mol. The van der Waals surface area contributed by atoms with Crippen molar-refractivity contribution in [3.63, 3.8) is 0 Å². The summed E-state index contributed by atoms with van der Waals surface area (Å²) in [7, 11) is 1.41. The number of hydrogen-bond acceptors (Lipinski definition) is 6. The van der Waals surface area contributed by atoms with E-state index in [1.54, 1.807) is 17.3 Å². The average molecular weight is 490 g/mol. The lowest BCUT2D eigenvalue weighted by atomic mass is 9.85. The molecule has 36 heavy (non-hydrogen) atoms. The van der Waals surface area contributed by atoms with Gasteiger partial charge in [-0.05, 0) is 64.0 Å². The van der Waals surface area contributed by atoms with Crippen LogP contribution in [0.5, 0.6) is 0 Å². The zero-order valence-corrected chi connectivity index (χ0v) is 20.7. The Balaban J connectivity index is 1.56. The van der Waals surface area contributed by atoms with Gasteiger partial charge in [-0.15, -0.1) is 0 Å². The molecular formula is C27H31N5O4. The molecule has 0 bridgehead atoms. The highest BCUT2D eigenvalue weighted by atomic mass is 16.5. The summed E-state index contributed by atoms with van der Waals surface area (Å²) in [4.78, 5) is 40.6. The van der Waals surface area contributed by atoms with E-state index in [9.17, 15) is 14.7 Å². The number of anilines is 1. The molecule has 0 radical (unpaired) electrons. The van der Waals surface area contributed by atoms with Gasteiger partial charge in [0.2, 0.25) is 0 Å². The van der Waals surface area contributed by atoms with Crippen molar-refractivity contribution in [1.82, 2.24) is 19.5 Å². The molecule has 2 aliphatic carbocycles. The zero-order valence-electron chi connectivity index (χ0n) is 20.7. The molecule has 1 unspecified atom stereocenters. The van der Waals surface area contributed by atoms with Gasteiger partial charge in [-0.25, -0.2) is 9.78 Å². The Hall–Kier alpha value is -3.49. The van der Waals surface area contributed by atoms with Crippen LogP contribution in [0.3, 0.4) is 0 Å². The first-order valence-electron chi connectivity index (χ1n) is 12.9. The fourth-order valence-corrected chi connectivity index (χ4v) is 6.37. The molecule has 1 N–H and O–H groups in total. The third-order valence-corrected chi connectivity index (χ3v) is 8.42. The Kier molecular flexibility index (Phi) is 5.46. The van der Waals surface area contributed by atoms with Crippen molar-refractivity contribution in [2.45, 2.75) is 75.8 Å². The van der Waals surface area contributed by atoms with E-state index in [1.807, 2.05) is 19.2 Å². The number of methoxy groups -OCH3 is 1. The van der Waals surface area contributed by atoms with Crippen molar-refractivity contribution in [3.8, 4) is 0 Å². The molecule has 9 heteroatoms. The highest BCUT2D eigenvalue weighted by Crippen LogP contribution is 2.54. The summed E-state index contributed by atoms with van der Waals surface area (Å²) in [5.41, 5.74) is 4.40. The number of ether oxygens (including phenoxy) is 1. The third kappa shape index (κ3) is 3.47. The molecule has 1 aliphatic heterocycles. The number of aliphatic carboxylic acids is 1. The van der Waals surface area contributed by atoms with Crippen LogP contribution in [0.1, 0.15) is 75.0 Å². The van der Waals surface area contributed by atoms with E-state index in [0.29, 0.717) is 12.8 Å². The van der Waals surface area contributed by atoms with Gasteiger partial charge in [0.15, 0.2) is 0 Å². The first-order valence-corrected chi connectivity index (χ1v) is 12.9. The van der Waals surface area contributed by atoms with Gasteiger partial charge in [-0.2, -0.15) is 0 Å². The predicted molar refractivity (Wildman–Crippen MR) is 133 cm³/mol. The largest absolute Gasteiger partial charge is 0.481 e. The number of carboxylic acids is 1. The van der Waals surface area contributed by atoms with E-state index in [2.05, 4.69) is 20.6 Å². The van der Waals surface area contributed by atoms with Crippen LogP contribution in [-0.2, 0) is 21.4 Å². The molecule has 2 saturated carbocycles. The maximum atomic E-state index is 12.7. The second-order valence-corrected chi connectivity index (χ2v) is 10.5. The van der Waals surface area contributed by atoms with Crippen molar-refractivity contribution in [2.24, 2.45) is 5.92 Å². The minimum atomic E-state index is -0.721. The van der Waals surface area contributed by atoms with Crippen molar-refractivity contribution < 1.29 is 19.4 Å². The summed E-state index contributed by atoms with van der Waals surface area (Å²) in [6.07, 6.45) is 11.5. The van der Waals surface area contributed by atoms with E-state index >= 15 is 0 Å². The molecule has 9 nitrogen and oxygen atoms in total. The van der Waals surface area contributed by atoms with Crippen molar-refractivity contribution in [1.29, 1.82) is 0 Å². The van der Waals surface area contributed by atoms with Gasteiger partial charge in [0.25, 0.3) is 0 Å². The first kappa shape index (κ1) is 22.9. The number of benzene rings is 1. The number of carbonyl (C=O) groups excluding carboxylic acids is 1. The lowest BCUT2D eigenvalue weighted by molar-refractivity contribution is -0.143. The van der Waals surface area contributed by atoms with Gasteiger partial charge in [-0.1, -0.05) is 6.42 Å². The third-order valence-electron chi connectivity index (χ3n) is 8.42. The highest BCUT2D eigenvalue weighted by molar-refractivity contribution is 5.95. The molecule has 0 saturated heterocycles. The number of aryl methyl sites for hydroxylation is 1. The predicted octanol–water partition coefficient (Wildman–Crippen LogP) is 4.63. The van der Waals surface area contributed by atoms with Crippen LogP contribution in [0.2, 0.25) is 0 Å². The van der Waals surface area contributed by atoms with Crippen LogP contribution in [0, 0.1) is 5.92 Å². The fraction of sp³-hybridized carbons (Fsp3) is 0.519. The van der Waals surface area contributed by atoms with E-state index < -0.39 is 5.97 Å². The van der Waals surface area contributed by atoms with E-state index in [0.717, 1.165) is 72.3 Å². The van der Waals surface area contributed by atoms with Crippen molar-refractivity contribution in [3.05, 3.63) is 47.8 Å². The number of carbonyl (C=O) groups is 2. The Morgan fingerprint density at radius 2 is 2.00 bits per heavy atom. The van der Waals surface area contributed by atoms with Crippen LogP contribution in [0.4, 0.5) is 10.5 Å². The highest BCUT2D eigenvalue weighted by Gasteiger charge is 2.52. The second kappa shape index (κ2) is 8.57. The number of nitrogens with zero attached hydrogens (tertiary/aromatic N) is 5. The van der Waals surface area contributed by atoms with Crippen molar-refractivity contribution >= 4 is 28.8 Å². The minimum Gasteiger partial charge on any atom is -0.481 e. The van der Waals surface area contributed by atoms with Gasteiger partial charge in [0, 0.05) is 36.2 Å². The summed E-state index contributed by atoms with van der Waals surface area (Å²) >= 11 is 0. The molecular weight excluding hydrogens is 458 g/mol. The second-order valence-electron chi connectivity index (χ2n) is 10.5. The molecule has 0 spiro atoms. The van der Waals surface area contributed by atoms with Crippen LogP contribution in [0.15, 0.2) is 30.7 Å². The summed E-state index contributed by atoms with van der Waals surface area (Å²) in [6.45, 7) is 2.04. The van der Waals surface area contributed by atoms with E-state index in [1.165, 1.54) is 7.11 Å². The number of carboxylic acid groups (broad SMARTS) is 1. The maximum Gasteiger partial charge on any atom is 0.414 e. The lowest BCUT2D eigenvalue weighted by Gasteiger charge is -2.34. The Morgan fingerprint density at radius 1 is 1.17 bits per heavy atom. The number of fused-ring (bicyclic) bond motifs is 3. The number of hydrogen-bond donors (Lipinski definition) is 1. The number of rotatable bonds is 4. The molecule has 2 aromatic heterocycles. The molecule has 188 valence electrons. The van der Waals surface area contributed by atoms with Gasteiger partial charge in [-0.3, -0.25) is 19.7 Å². The van der Waals surface area contributed by atoms with Crippen LogP contribution in [-0.4, -0.2) is 49.8 Å². The van der Waals surface area contributed by atoms with Gasteiger partial charge in [0.05, 0.1) is 40.9 Å².